The van der Waals surface area contributed by atoms with Gasteiger partial charge in [-0.25, -0.2) is 14.3 Å². The largest absolute Gasteiger partial charge is 0.377 e. The molecular weight excluding hydrogens is 390 g/mol. The molecule has 0 spiro atoms. The summed E-state index contributed by atoms with van der Waals surface area (Å²) in [4.78, 5) is 11.8. The summed E-state index contributed by atoms with van der Waals surface area (Å²) in [5, 5.41) is 9.46. The van der Waals surface area contributed by atoms with Crippen LogP contribution in [0.4, 0.5) is 8.78 Å². The van der Waals surface area contributed by atoms with E-state index >= 15 is 0 Å². The number of ether oxygens (including phenoxy) is 1. The third-order valence-electron chi connectivity index (χ3n) is 4.37. The Kier molecular flexibility index (Phi) is 8.79. The van der Waals surface area contributed by atoms with Crippen LogP contribution in [0.25, 0.3) is 0 Å². The fourth-order valence-electron chi connectivity index (χ4n) is 2.98. The van der Waals surface area contributed by atoms with Gasteiger partial charge in [0, 0.05) is 23.6 Å². The number of hydrogen-bond donors (Lipinski definition) is 3. The first kappa shape index (κ1) is 22.2. The van der Waals surface area contributed by atoms with Crippen LogP contribution in [0.3, 0.4) is 0 Å². The average molecular weight is 413 g/mol. The first-order valence-corrected chi connectivity index (χ1v) is 9.26. The first-order chi connectivity index (χ1) is 13.4. The van der Waals surface area contributed by atoms with Crippen molar-refractivity contribution >= 4 is 17.5 Å². The normalized spacial score (nSPS) is 13.2. The molecule has 0 saturated heterocycles. The van der Waals surface area contributed by atoms with Gasteiger partial charge in [-0.3, -0.25) is 10.0 Å². The van der Waals surface area contributed by atoms with Gasteiger partial charge in [0.05, 0.1) is 12.5 Å². The molecule has 1 amide bonds. The third-order valence-corrected chi connectivity index (χ3v) is 4.62. The zero-order valence-corrected chi connectivity index (χ0v) is 16.0. The highest BCUT2D eigenvalue weighted by Gasteiger charge is 2.29. The van der Waals surface area contributed by atoms with Crippen LogP contribution in [0.1, 0.15) is 29.9 Å². The SMILES string of the molecule is NCCCO[C@H](CC(=O)NO)C(Cc1ccc(Cl)cc1)c1ccc(F)cc1F. The van der Waals surface area contributed by atoms with E-state index in [4.69, 9.17) is 27.3 Å². The molecule has 2 rings (SSSR count). The Morgan fingerprint density at radius 2 is 1.93 bits per heavy atom. The quantitative estimate of drug-likeness (QED) is 0.316. The molecule has 2 aromatic rings. The Bertz CT molecular complexity index is 775. The van der Waals surface area contributed by atoms with Crippen LogP contribution in [0.2, 0.25) is 5.02 Å². The molecule has 0 aliphatic heterocycles. The van der Waals surface area contributed by atoms with E-state index in [1.165, 1.54) is 6.07 Å². The topological polar surface area (TPSA) is 84.6 Å². The van der Waals surface area contributed by atoms with Gasteiger partial charge >= 0.3 is 0 Å². The predicted molar refractivity (Wildman–Crippen MR) is 102 cm³/mol. The number of carbonyl (C=O) groups is 1. The lowest BCUT2D eigenvalue weighted by molar-refractivity contribution is -0.132. The standard InChI is InChI=1S/C20H23ClF2N2O3/c21-14-4-2-13(3-5-14)10-17(16-7-6-15(22)11-18(16)23)19(12-20(26)25-27)28-9-1-8-24/h2-7,11,17,19,27H,1,8-10,12,24H2,(H,25,26)/t17?,19-/m1/s1. The number of carbonyl (C=O) groups excluding carboxylic acids is 1. The van der Waals surface area contributed by atoms with Gasteiger partial charge in [0.25, 0.3) is 0 Å². The summed E-state index contributed by atoms with van der Waals surface area (Å²) >= 11 is 5.92. The van der Waals surface area contributed by atoms with Gasteiger partial charge < -0.3 is 10.5 Å². The van der Waals surface area contributed by atoms with E-state index in [1.54, 1.807) is 29.7 Å². The number of rotatable bonds is 10. The van der Waals surface area contributed by atoms with Crippen LogP contribution in [0.15, 0.2) is 42.5 Å². The highest BCUT2D eigenvalue weighted by atomic mass is 35.5. The molecule has 8 heteroatoms. The van der Waals surface area contributed by atoms with Crippen LogP contribution >= 0.6 is 11.6 Å². The number of amides is 1. The van der Waals surface area contributed by atoms with E-state index in [2.05, 4.69) is 0 Å². The molecule has 0 saturated carbocycles. The Morgan fingerprint density at radius 3 is 2.54 bits per heavy atom. The van der Waals surface area contributed by atoms with Gasteiger partial charge in [0.1, 0.15) is 11.6 Å². The van der Waals surface area contributed by atoms with Crippen molar-refractivity contribution in [1.29, 1.82) is 0 Å². The Labute approximate surface area is 167 Å². The smallest absolute Gasteiger partial charge is 0.245 e. The van der Waals surface area contributed by atoms with E-state index in [1.807, 2.05) is 0 Å². The van der Waals surface area contributed by atoms with Crippen molar-refractivity contribution in [3.63, 3.8) is 0 Å². The summed E-state index contributed by atoms with van der Waals surface area (Å²) in [6.07, 6.45) is -0.0760. The number of hydrogen-bond acceptors (Lipinski definition) is 4. The van der Waals surface area contributed by atoms with Crippen LogP contribution < -0.4 is 11.2 Å². The Balaban J connectivity index is 2.38. The zero-order valence-electron chi connectivity index (χ0n) is 15.2. The lowest BCUT2D eigenvalue weighted by Gasteiger charge is -2.28. The minimum Gasteiger partial charge on any atom is -0.377 e. The van der Waals surface area contributed by atoms with Crippen molar-refractivity contribution in [2.75, 3.05) is 13.2 Å². The highest BCUT2D eigenvalue weighted by molar-refractivity contribution is 6.30. The van der Waals surface area contributed by atoms with Gasteiger partial charge in [0.2, 0.25) is 5.91 Å². The molecule has 0 aliphatic carbocycles. The second-order valence-electron chi connectivity index (χ2n) is 6.39. The van der Waals surface area contributed by atoms with Crippen molar-refractivity contribution in [2.45, 2.75) is 31.3 Å². The lowest BCUT2D eigenvalue weighted by atomic mass is 9.85. The molecule has 1 unspecified atom stereocenters. The van der Waals surface area contributed by atoms with E-state index in [0.717, 1.165) is 17.7 Å². The van der Waals surface area contributed by atoms with Crippen molar-refractivity contribution in [2.24, 2.45) is 5.73 Å². The molecule has 0 aliphatic rings. The summed E-state index contributed by atoms with van der Waals surface area (Å²) in [6, 6.07) is 10.3. The van der Waals surface area contributed by atoms with E-state index in [-0.39, 0.29) is 18.6 Å². The maximum atomic E-state index is 14.5. The molecule has 2 aromatic carbocycles. The zero-order chi connectivity index (χ0) is 20.5. The van der Waals surface area contributed by atoms with E-state index in [9.17, 15) is 13.6 Å². The Morgan fingerprint density at radius 1 is 1.21 bits per heavy atom. The second kappa shape index (κ2) is 11.1. The molecule has 0 radical (unpaired) electrons. The van der Waals surface area contributed by atoms with Gasteiger partial charge in [-0.2, -0.15) is 0 Å². The van der Waals surface area contributed by atoms with Crippen molar-refractivity contribution in [3.05, 3.63) is 70.2 Å². The molecule has 0 heterocycles. The molecule has 0 aromatic heterocycles. The Hall–Kier alpha value is -2.06. The van der Waals surface area contributed by atoms with Crippen molar-refractivity contribution in [1.82, 2.24) is 5.48 Å². The highest BCUT2D eigenvalue weighted by Crippen LogP contribution is 2.31. The molecule has 5 nitrogen and oxygen atoms in total. The molecule has 2 atom stereocenters. The van der Waals surface area contributed by atoms with Crippen LogP contribution in [0.5, 0.6) is 0 Å². The average Bonchev–Trinajstić information content (AvgIpc) is 2.67. The lowest BCUT2D eigenvalue weighted by Crippen LogP contribution is -2.32. The molecular formula is C20H23ClF2N2O3. The minimum atomic E-state index is -0.755. The summed E-state index contributed by atoms with van der Waals surface area (Å²) < 4.78 is 33.8. The summed E-state index contributed by atoms with van der Waals surface area (Å²) in [5.74, 6) is -2.69. The summed E-state index contributed by atoms with van der Waals surface area (Å²) in [5.41, 5.74) is 8.13. The maximum Gasteiger partial charge on any atom is 0.245 e. The number of nitrogens with one attached hydrogen (secondary N) is 1. The van der Waals surface area contributed by atoms with Crippen molar-refractivity contribution < 1.29 is 23.5 Å². The van der Waals surface area contributed by atoms with E-state index < -0.39 is 29.6 Å². The van der Waals surface area contributed by atoms with Gasteiger partial charge in [-0.15, -0.1) is 0 Å². The molecule has 0 bridgehead atoms. The first-order valence-electron chi connectivity index (χ1n) is 8.88. The fourth-order valence-corrected chi connectivity index (χ4v) is 3.11. The summed E-state index contributed by atoms with van der Waals surface area (Å²) in [6.45, 7) is 0.658. The van der Waals surface area contributed by atoms with Gasteiger partial charge in [-0.1, -0.05) is 29.8 Å². The monoisotopic (exact) mass is 412 g/mol. The maximum absolute atomic E-state index is 14.5. The molecule has 4 N–H and O–H groups in total. The molecule has 152 valence electrons. The summed E-state index contributed by atoms with van der Waals surface area (Å²) in [7, 11) is 0. The van der Waals surface area contributed by atoms with Crippen LogP contribution in [-0.2, 0) is 16.0 Å². The number of nitrogens with two attached hydrogens (primary N) is 1. The molecule has 28 heavy (non-hydrogen) atoms. The van der Waals surface area contributed by atoms with Crippen molar-refractivity contribution in [3.8, 4) is 0 Å². The number of benzene rings is 2. The third kappa shape index (κ3) is 6.53. The van der Waals surface area contributed by atoms with Gasteiger partial charge in [-0.05, 0) is 48.7 Å². The van der Waals surface area contributed by atoms with E-state index in [0.29, 0.717) is 24.4 Å². The second-order valence-corrected chi connectivity index (χ2v) is 6.83. The predicted octanol–water partition coefficient (Wildman–Crippen LogP) is 3.57. The van der Waals surface area contributed by atoms with Crippen LogP contribution in [0, 0.1) is 11.6 Å². The molecule has 0 fully saturated rings. The number of hydroxylamine groups is 1. The fraction of sp³-hybridized carbons (Fsp3) is 0.350. The van der Waals surface area contributed by atoms with Crippen LogP contribution in [-0.4, -0.2) is 30.4 Å². The van der Waals surface area contributed by atoms with Gasteiger partial charge in [0.15, 0.2) is 0 Å². The minimum absolute atomic E-state index is 0.198. The number of halogens is 3.